The number of carbonyl (C=O) groups is 2. The second-order valence-corrected chi connectivity index (χ2v) is 8.23. The maximum Gasteiger partial charge on any atom is 0.280 e. The second-order valence-electron chi connectivity index (χ2n) is 6.49. The van der Waals surface area contributed by atoms with Crippen LogP contribution in [0.4, 0.5) is 4.39 Å². The van der Waals surface area contributed by atoms with Gasteiger partial charge in [0.1, 0.15) is 11.5 Å². The Morgan fingerprint density at radius 3 is 2.50 bits per heavy atom. The normalized spacial score (nSPS) is 13.6. The van der Waals surface area contributed by atoms with Crippen molar-refractivity contribution in [3.8, 4) is 0 Å². The number of halogens is 1. The summed E-state index contributed by atoms with van der Waals surface area (Å²) in [6.07, 6.45) is 2.91. The number of fused-ring (bicyclic) bond motifs is 1. The molecule has 1 aliphatic heterocycles. The number of imide groups is 1. The van der Waals surface area contributed by atoms with Crippen LogP contribution in [0, 0.1) is 5.82 Å². The third kappa shape index (κ3) is 3.70. The number of aromatic nitrogens is 2. The van der Waals surface area contributed by atoms with Crippen molar-refractivity contribution in [2.45, 2.75) is 18.0 Å². The molecule has 8 nitrogen and oxygen atoms in total. The molecule has 1 N–H and O–H groups in total. The Balaban J connectivity index is 1.63. The first-order valence-corrected chi connectivity index (χ1v) is 10.3. The van der Waals surface area contributed by atoms with Gasteiger partial charge in [-0.05, 0) is 42.0 Å². The van der Waals surface area contributed by atoms with Crippen LogP contribution in [0.15, 0.2) is 65.8 Å². The number of nitrogens with zero attached hydrogens (tertiary/aromatic N) is 3. The highest BCUT2D eigenvalue weighted by Gasteiger charge is 2.37. The van der Waals surface area contributed by atoms with Crippen LogP contribution in [0.5, 0.6) is 0 Å². The van der Waals surface area contributed by atoms with Crippen molar-refractivity contribution in [1.82, 2.24) is 19.6 Å². The van der Waals surface area contributed by atoms with Gasteiger partial charge in [0.2, 0.25) is 10.0 Å². The van der Waals surface area contributed by atoms with E-state index in [1.807, 2.05) is 0 Å². The van der Waals surface area contributed by atoms with Gasteiger partial charge in [0.25, 0.3) is 11.8 Å². The van der Waals surface area contributed by atoms with Gasteiger partial charge >= 0.3 is 0 Å². The van der Waals surface area contributed by atoms with Crippen LogP contribution in [-0.2, 0) is 23.1 Å². The third-order valence-corrected chi connectivity index (χ3v) is 6.03. The molecule has 0 spiro atoms. The molecule has 0 atom stereocenters. The first-order chi connectivity index (χ1) is 14.4. The van der Waals surface area contributed by atoms with Gasteiger partial charge in [-0.25, -0.2) is 17.5 Å². The zero-order chi connectivity index (χ0) is 21.3. The molecule has 1 aromatic carbocycles. The standard InChI is InChI=1S/C20H15FN4O4S/c21-14-7-6-13(12-25-19(26)16-5-3-9-23-18(16)20(25)27)17(10-14)30(28,29)24-11-15-4-1-2-8-22-15/h1-10,24H,11-12H2. The molecule has 4 rings (SSSR count). The van der Waals surface area contributed by atoms with E-state index in [1.165, 1.54) is 30.6 Å². The minimum atomic E-state index is -4.15. The van der Waals surface area contributed by atoms with Crippen LogP contribution in [0.25, 0.3) is 0 Å². The van der Waals surface area contributed by atoms with Gasteiger partial charge in [0.15, 0.2) is 0 Å². The van der Waals surface area contributed by atoms with Gasteiger partial charge in [-0.1, -0.05) is 12.1 Å². The van der Waals surface area contributed by atoms with Gasteiger partial charge in [-0.3, -0.25) is 24.5 Å². The molecule has 0 saturated carbocycles. The SMILES string of the molecule is O=C1c2cccnc2C(=O)N1Cc1ccc(F)cc1S(=O)(=O)NCc1ccccn1. The Morgan fingerprint density at radius 2 is 1.77 bits per heavy atom. The topological polar surface area (TPSA) is 109 Å². The van der Waals surface area contributed by atoms with E-state index in [-0.39, 0.29) is 34.8 Å². The molecule has 0 bridgehead atoms. The van der Waals surface area contributed by atoms with E-state index in [4.69, 9.17) is 0 Å². The summed E-state index contributed by atoms with van der Waals surface area (Å²) in [5, 5.41) is 0. The molecule has 2 aromatic heterocycles. The van der Waals surface area contributed by atoms with Gasteiger partial charge in [-0.15, -0.1) is 0 Å². The number of sulfonamides is 1. The molecule has 0 unspecified atom stereocenters. The number of nitrogens with one attached hydrogen (secondary N) is 1. The van der Waals surface area contributed by atoms with Gasteiger partial charge in [0, 0.05) is 12.4 Å². The fourth-order valence-corrected chi connectivity index (χ4v) is 4.33. The summed E-state index contributed by atoms with van der Waals surface area (Å²) in [6.45, 7) is -0.440. The van der Waals surface area contributed by atoms with Crippen molar-refractivity contribution in [2.75, 3.05) is 0 Å². The number of hydrogen-bond donors (Lipinski definition) is 1. The summed E-state index contributed by atoms with van der Waals surface area (Å²) < 4.78 is 41.9. The lowest BCUT2D eigenvalue weighted by Gasteiger charge is -2.17. The minimum Gasteiger partial charge on any atom is -0.268 e. The largest absolute Gasteiger partial charge is 0.280 e. The molecule has 0 aliphatic carbocycles. The quantitative estimate of drug-likeness (QED) is 0.603. The maximum atomic E-state index is 13.9. The predicted octanol–water partition coefficient (Wildman–Crippen LogP) is 1.89. The predicted molar refractivity (Wildman–Crippen MR) is 103 cm³/mol. The number of pyridine rings is 2. The molecule has 152 valence electrons. The molecule has 3 aromatic rings. The molecule has 0 fully saturated rings. The number of benzene rings is 1. The van der Waals surface area contributed by atoms with Gasteiger partial charge in [0.05, 0.1) is 29.2 Å². The van der Waals surface area contributed by atoms with Crippen LogP contribution >= 0.6 is 0 Å². The van der Waals surface area contributed by atoms with Crippen molar-refractivity contribution in [3.05, 3.63) is 89.3 Å². The Morgan fingerprint density at radius 1 is 0.967 bits per heavy atom. The Labute approximate surface area is 171 Å². The molecule has 0 radical (unpaired) electrons. The molecular formula is C20H15FN4O4S. The van der Waals surface area contributed by atoms with E-state index in [0.29, 0.717) is 5.69 Å². The molecule has 1 aliphatic rings. The molecule has 30 heavy (non-hydrogen) atoms. The lowest BCUT2D eigenvalue weighted by molar-refractivity contribution is 0.0639. The van der Waals surface area contributed by atoms with Crippen LogP contribution in [0.3, 0.4) is 0 Å². The first-order valence-electron chi connectivity index (χ1n) is 8.86. The monoisotopic (exact) mass is 426 g/mol. The van der Waals surface area contributed by atoms with Crippen molar-refractivity contribution in [1.29, 1.82) is 0 Å². The molecule has 0 saturated heterocycles. The Kier molecular flexibility index (Phi) is 5.10. The summed E-state index contributed by atoms with van der Waals surface area (Å²) in [5.74, 6) is -1.98. The van der Waals surface area contributed by atoms with Crippen LogP contribution in [0.1, 0.15) is 32.1 Å². The van der Waals surface area contributed by atoms with E-state index in [0.717, 1.165) is 17.0 Å². The summed E-state index contributed by atoms with van der Waals surface area (Å²) in [4.78, 5) is 33.6. The van der Waals surface area contributed by atoms with E-state index < -0.39 is 27.7 Å². The van der Waals surface area contributed by atoms with Crippen LogP contribution < -0.4 is 4.72 Å². The fraction of sp³-hybridized carbons (Fsp3) is 0.100. The van der Waals surface area contributed by atoms with Crippen molar-refractivity contribution in [3.63, 3.8) is 0 Å². The van der Waals surface area contributed by atoms with E-state index in [2.05, 4.69) is 14.7 Å². The molecule has 2 amide bonds. The van der Waals surface area contributed by atoms with Crippen molar-refractivity contribution in [2.24, 2.45) is 0 Å². The summed E-state index contributed by atoms with van der Waals surface area (Å²) in [7, 11) is -4.15. The Bertz CT molecular complexity index is 1210. The van der Waals surface area contributed by atoms with Crippen LogP contribution in [0.2, 0.25) is 0 Å². The lowest BCUT2D eigenvalue weighted by atomic mass is 10.2. The number of carbonyl (C=O) groups excluding carboxylic acids is 2. The second kappa shape index (κ2) is 7.73. The van der Waals surface area contributed by atoms with E-state index >= 15 is 0 Å². The smallest absolute Gasteiger partial charge is 0.268 e. The zero-order valence-electron chi connectivity index (χ0n) is 15.4. The highest BCUT2D eigenvalue weighted by Crippen LogP contribution is 2.25. The summed E-state index contributed by atoms with van der Waals surface area (Å²) >= 11 is 0. The van der Waals surface area contributed by atoms with Gasteiger partial charge < -0.3 is 0 Å². The highest BCUT2D eigenvalue weighted by atomic mass is 32.2. The summed E-state index contributed by atoms with van der Waals surface area (Å²) in [6, 6.07) is 11.2. The first kappa shape index (κ1) is 19.8. The van der Waals surface area contributed by atoms with Crippen LogP contribution in [-0.4, -0.2) is 35.1 Å². The average Bonchev–Trinajstić information content (AvgIpc) is 2.99. The maximum absolute atomic E-state index is 13.9. The third-order valence-electron chi connectivity index (χ3n) is 4.55. The average molecular weight is 426 g/mol. The number of rotatable bonds is 6. The minimum absolute atomic E-state index is 0.00213. The van der Waals surface area contributed by atoms with Crippen molar-refractivity contribution < 1.29 is 22.4 Å². The fourth-order valence-electron chi connectivity index (χ4n) is 3.09. The molecule has 3 heterocycles. The molecular weight excluding hydrogens is 411 g/mol. The van der Waals surface area contributed by atoms with Crippen molar-refractivity contribution >= 4 is 21.8 Å². The Hall–Kier alpha value is -3.50. The molecule has 10 heteroatoms. The summed E-state index contributed by atoms with van der Waals surface area (Å²) in [5.41, 5.74) is 0.717. The zero-order valence-corrected chi connectivity index (χ0v) is 16.3. The highest BCUT2D eigenvalue weighted by molar-refractivity contribution is 7.89. The van der Waals surface area contributed by atoms with Gasteiger partial charge in [-0.2, -0.15) is 0 Å². The number of amides is 2. The number of hydrogen-bond acceptors (Lipinski definition) is 6. The lowest BCUT2D eigenvalue weighted by Crippen LogP contribution is -2.31. The van der Waals surface area contributed by atoms with E-state index in [9.17, 15) is 22.4 Å². The van der Waals surface area contributed by atoms with E-state index in [1.54, 1.807) is 18.2 Å².